The highest BCUT2D eigenvalue weighted by atomic mass is 32.2. The van der Waals surface area contributed by atoms with Gasteiger partial charge in [0.25, 0.3) is 0 Å². The van der Waals surface area contributed by atoms with Gasteiger partial charge in [-0.3, -0.25) is 0 Å². The molecule has 0 aromatic heterocycles. The van der Waals surface area contributed by atoms with E-state index in [-0.39, 0.29) is 0 Å². The summed E-state index contributed by atoms with van der Waals surface area (Å²) in [5.41, 5.74) is 10.6. The Hall–Kier alpha value is -1.61. The van der Waals surface area contributed by atoms with E-state index in [9.17, 15) is 0 Å². The molecule has 19 heavy (non-hydrogen) atoms. The van der Waals surface area contributed by atoms with Crippen LogP contribution in [0.25, 0.3) is 0 Å². The molecule has 0 radical (unpaired) electrons. The van der Waals surface area contributed by atoms with Crippen molar-refractivity contribution in [2.24, 2.45) is 0 Å². The first-order valence-electron chi connectivity index (χ1n) is 6.29. The lowest BCUT2D eigenvalue weighted by Crippen LogP contribution is -2.08. The molecule has 0 atom stereocenters. The minimum absolute atomic E-state index is 0.830. The highest BCUT2D eigenvalue weighted by Crippen LogP contribution is 2.36. The maximum absolute atomic E-state index is 6.09. The van der Waals surface area contributed by atoms with Crippen molar-refractivity contribution in [1.82, 2.24) is 0 Å². The maximum atomic E-state index is 6.09. The molecule has 3 heteroatoms. The summed E-state index contributed by atoms with van der Waals surface area (Å²) < 4.78 is 0. The first-order chi connectivity index (χ1) is 8.97. The smallest absolute Gasteiger partial charge is 0.0457 e. The van der Waals surface area contributed by atoms with Gasteiger partial charge in [0.2, 0.25) is 0 Å². The second kappa shape index (κ2) is 5.57. The number of nitrogens with zero attached hydrogens (tertiary/aromatic N) is 1. The third kappa shape index (κ3) is 3.24. The molecule has 100 valence electrons. The SMILES string of the molecule is Cc1ccc(C)c(Sc2cc(N(C)C)ccc2N)c1. The zero-order valence-electron chi connectivity index (χ0n) is 11.9. The Labute approximate surface area is 119 Å². The van der Waals surface area contributed by atoms with Gasteiger partial charge in [0.05, 0.1) is 0 Å². The van der Waals surface area contributed by atoms with Crippen LogP contribution in [0.3, 0.4) is 0 Å². The highest BCUT2D eigenvalue weighted by Gasteiger charge is 2.07. The monoisotopic (exact) mass is 272 g/mol. The molecule has 2 aromatic rings. The molecule has 2 aromatic carbocycles. The molecule has 2 N–H and O–H groups in total. The van der Waals surface area contributed by atoms with E-state index < -0.39 is 0 Å². The zero-order valence-corrected chi connectivity index (χ0v) is 12.7. The van der Waals surface area contributed by atoms with Crippen molar-refractivity contribution >= 4 is 23.1 Å². The average Bonchev–Trinajstić information content (AvgIpc) is 2.36. The van der Waals surface area contributed by atoms with Crippen molar-refractivity contribution in [3.8, 4) is 0 Å². The predicted octanol–water partition coefficient (Wildman–Crippen LogP) is 4.10. The molecule has 0 saturated carbocycles. The first-order valence-corrected chi connectivity index (χ1v) is 7.11. The Morgan fingerprint density at radius 3 is 2.37 bits per heavy atom. The molecule has 0 saturated heterocycles. The standard InChI is InChI=1S/C16H20N2S/c1-11-5-6-12(2)15(9-11)19-16-10-13(18(3)4)7-8-14(16)17/h5-10H,17H2,1-4H3. The summed E-state index contributed by atoms with van der Waals surface area (Å²) in [6.07, 6.45) is 0. The Bertz CT molecular complexity index is 591. The van der Waals surface area contributed by atoms with Crippen LogP contribution in [-0.2, 0) is 0 Å². The lowest BCUT2D eigenvalue weighted by atomic mass is 10.2. The van der Waals surface area contributed by atoms with Gasteiger partial charge in [0.15, 0.2) is 0 Å². The fraction of sp³-hybridized carbons (Fsp3) is 0.250. The first kappa shape index (κ1) is 13.8. The summed E-state index contributed by atoms with van der Waals surface area (Å²) in [6, 6.07) is 12.7. The van der Waals surface area contributed by atoms with Gasteiger partial charge in [0.1, 0.15) is 0 Å². The number of nitrogens with two attached hydrogens (primary N) is 1. The van der Waals surface area contributed by atoms with E-state index in [1.165, 1.54) is 21.7 Å². The zero-order chi connectivity index (χ0) is 14.0. The van der Waals surface area contributed by atoms with Crippen molar-refractivity contribution in [2.75, 3.05) is 24.7 Å². The van der Waals surface area contributed by atoms with Crippen LogP contribution in [0.2, 0.25) is 0 Å². The topological polar surface area (TPSA) is 29.3 Å². The van der Waals surface area contributed by atoms with Crippen LogP contribution in [0, 0.1) is 13.8 Å². The van der Waals surface area contributed by atoms with Crippen molar-refractivity contribution in [1.29, 1.82) is 0 Å². The lowest BCUT2D eigenvalue weighted by molar-refractivity contribution is 1.12. The van der Waals surface area contributed by atoms with Crippen LogP contribution in [-0.4, -0.2) is 14.1 Å². The molecule has 0 unspecified atom stereocenters. The quantitative estimate of drug-likeness (QED) is 0.853. The van der Waals surface area contributed by atoms with Crippen LogP contribution in [0.15, 0.2) is 46.2 Å². The summed E-state index contributed by atoms with van der Waals surface area (Å²) in [7, 11) is 4.08. The molecule has 2 nitrogen and oxygen atoms in total. The van der Waals surface area contributed by atoms with Crippen LogP contribution >= 0.6 is 11.8 Å². The van der Waals surface area contributed by atoms with E-state index in [4.69, 9.17) is 5.73 Å². The Morgan fingerprint density at radius 2 is 1.68 bits per heavy atom. The minimum Gasteiger partial charge on any atom is -0.398 e. The second-order valence-electron chi connectivity index (χ2n) is 4.99. The number of nitrogen functional groups attached to an aromatic ring is 1. The molecule has 2 rings (SSSR count). The Balaban J connectivity index is 2.37. The third-order valence-electron chi connectivity index (χ3n) is 3.08. The van der Waals surface area contributed by atoms with Gasteiger partial charge >= 0.3 is 0 Å². The predicted molar refractivity (Wildman–Crippen MR) is 85.2 cm³/mol. The largest absolute Gasteiger partial charge is 0.398 e. The number of hydrogen-bond donors (Lipinski definition) is 1. The van der Waals surface area contributed by atoms with Crippen LogP contribution in [0.4, 0.5) is 11.4 Å². The van der Waals surface area contributed by atoms with Crippen LogP contribution in [0.5, 0.6) is 0 Å². The molecule has 0 fully saturated rings. The third-order valence-corrected chi connectivity index (χ3v) is 4.31. The highest BCUT2D eigenvalue weighted by molar-refractivity contribution is 7.99. The van der Waals surface area contributed by atoms with Gasteiger partial charge in [0, 0.05) is 35.3 Å². The maximum Gasteiger partial charge on any atom is 0.0457 e. The van der Waals surface area contributed by atoms with Gasteiger partial charge < -0.3 is 10.6 Å². The van der Waals surface area contributed by atoms with Crippen molar-refractivity contribution < 1.29 is 0 Å². The average molecular weight is 272 g/mol. The number of rotatable bonds is 3. The lowest BCUT2D eigenvalue weighted by Gasteiger charge is -2.15. The molecular weight excluding hydrogens is 252 g/mol. The van der Waals surface area contributed by atoms with E-state index in [0.29, 0.717) is 0 Å². The molecule has 0 heterocycles. The van der Waals surface area contributed by atoms with E-state index in [2.05, 4.69) is 43.0 Å². The normalized spacial score (nSPS) is 10.5. The van der Waals surface area contributed by atoms with Gasteiger partial charge in [-0.15, -0.1) is 0 Å². The Morgan fingerprint density at radius 1 is 0.947 bits per heavy atom. The number of aryl methyl sites for hydroxylation is 2. The Kier molecular flexibility index (Phi) is 4.05. The van der Waals surface area contributed by atoms with Crippen molar-refractivity contribution in [3.63, 3.8) is 0 Å². The summed E-state index contributed by atoms with van der Waals surface area (Å²) in [4.78, 5) is 4.47. The van der Waals surface area contributed by atoms with Crippen LogP contribution in [0.1, 0.15) is 11.1 Å². The molecule has 0 spiro atoms. The van der Waals surface area contributed by atoms with Crippen molar-refractivity contribution in [3.05, 3.63) is 47.5 Å². The summed E-state index contributed by atoms with van der Waals surface area (Å²) >= 11 is 1.73. The van der Waals surface area contributed by atoms with Gasteiger partial charge in [-0.05, 0) is 49.2 Å². The molecule has 0 aliphatic heterocycles. The van der Waals surface area contributed by atoms with Crippen LogP contribution < -0.4 is 10.6 Å². The molecule has 0 aliphatic carbocycles. The van der Waals surface area contributed by atoms with E-state index >= 15 is 0 Å². The fourth-order valence-electron chi connectivity index (χ4n) is 1.83. The molecule has 0 bridgehead atoms. The molecular formula is C16H20N2S. The van der Waals surface area contributed by atoms with E-state index in [1.54, 1.807) is 11.8 Å². The second-order valence-corrected chi connectivity index (χ2v) is 6.07. The number of benzene rings is 2. The number of anilines is 2. The summed E-state index contributed by atoms with van der Waals surface area (Å²) in [5.74, 6) is 0. The summed E-state index contributed by atoms with van der Waals surface area (Å²) in [6.45, 7) is 4.25. The minimum atomic E-state index is 0.830. The van der Waals surface area contributed by atoms with Gasteiger partial charge in [-0.25, -0.2) is 0 Å². The summed E-state index contributed by atoms with van der Waals surface area (Å²) in [5, 5.41) is 0. The van der Waals surface area contributed by atoms with Gasteiger partial charge in [-0.2, -0.15) is 0 Å². The van der Waals surface area contributed by atoms with Crippen molar-refractivity contribution in [2.45, 2.75) is 23.6 Å². The molecule has 0 amide bonds. The fourth-order valence-corrected chi connectivity index (χ4v) is 2.90. The van der Waals surface area contributed by atoms with E-state index in [1.807, 2.05) is 26.2 Å². The molecule has 0 aliphatic rings. The van der Waals surface area contributed by atoms with E-state index in [0.717, 1.165) is 10.6 Å². The number of hydrogen-bond acceptors (Lipinski definition) is 3. The van der Waals surface area contributed by atoms with Gasteiger partial charge in [-0.1, -0.05) is 23.9 Å².